The summed E-state index contributed by atoms with van der Waals surface area (Å²) < 4.78 is 22.3. The highest BCUT2D eigenvalue weighted by atomic mass is 19.1. The first-order chi connectivity index (χ1) is 14.1. The first-order valence-electron chi connectivity index (χ1n) is 10.1. The second kappa shape index (κ2) is 5.72. The first-order valence-corrected chi connectivity index (χ1v) is 10.1. The van der Waals surface area contributed by atoms with Crippen molar-refractivity contribution >= 4 is 17.2 Å². The largest absolute Gasteiger partial charge is 0.491 e. The van der Waals surface area contributed by atoms with E-state index in [1.165, 1.54) is 6.07 Å². The van der Waals surface area contributed by atoms with Gasteiger partial charge in [-0.15, -0.1) is 5.10 Å². The summed E-state index contributed by atoms with van der Waals surface area (Å²) >= 11 is 0. The minimum absolute atomic E-state index is 0.0158. The number of hydrogen-bond donors (Lipinski definition) is 1. The number of fused-ring (bicyclic) bond motifs is 3. The molecule has 3 aromatic rings. The Labute approximate surface area is 168 Å². The maximum atomic E-state index is 14.3. The second-order valence-corrected chi connectivity index (χ2v) is 8.35. The quantitative estimate of drug-likeness (QED) is 0.637. The molecule has 29 heavy (non-hydrogen) atoms. The van der Waals surface area contributed by atoms with Gasteiger partial charge >= 0.3 is 0 Å². The molecule has 0 unspecified atom stereocenters. The molecular formula is C22H22FN5O. The number of rotatable bonds is 0. The van der Waals surface area contributed by atoms with Crippen molar-refractivity contribution in [3.8, 4) is 5.75 Å². The van der Waals surface area contributed by atoms with Gasteiger partial charge in [0.2, 0.25) is 0 Å². The Balaban J connectivity index is 1.57. The molecule has 0 radical (unpaired) electrons. The summed E-state index contributed by atoms with van der Waals surface area (Å²) in [6.07, 6.45) is 3.85. The van der Waals surface area contributed by atoms with E-state index in [0.717, 1.165) is 53.6 Å². The van der Waals surface area contributed by atoms with Gasteiger partial charge in [0.25, 0.3) is 0 Å². The van der Waals surface area contributed by atoms with Gasteiger partial charge in [-0.25, -0.2) is 13.9 Å². The van der Waals surface area contributed by atoms with Gasteiger partial charge in [-0.05, 0) is 56.0 Å². The van der Waals surface area contributed by atoms with E-state index in [0.29, 0.717) is 12.5 Å². The Morgan fingerprint density at radius 3 is 3.07 bits per heavy atom. The van der Waals surface area contributed by atoms with Crippen molar-refractivity contribution in [1.29, 1.82) is 0 Å². The smallest absolute Gasteiger partial charge is 0.154 e. The minimum Gasteiger partial charge on any atom is -0.491 e. The van der Waals surface area contributed by atoms with Crippen molar-refractivity contribution in [2.24, 2.45) is 5.92 Å². The lowest BCUT2D eigenvalue weighted by atomic mass is 10.0. The SMILES string of the molecule is C=C1N[C@H](C)COc2ccc(F)cc2[C@@]23C[C@@H]2CCN3c2ccc3ncc1n3n2. The predicted octanol–water partition coefficient (Wildman–Crippen LogP) is 3.34. The van der Waals surface area contributed by atoms with Crippen LogP contribution in [0.5, 0.6) is 5.75 Å². The summed E-state index contributed by atoms with van der Waals surface area (Å²) in [6.45, 7) is 7.56. The minimum atomic E-state index is -0.249. The van der Waals surface area contributed by atoms with E-state index in [9.17, 15) is 4.39 Å². The molecule has 6 rings (SSSR count). The van der Waals surface area contributed by atoms with Gasteiger partial charge in [-0.2, -0.15) is 0 Å². The van der Waals surface area contributed by atoms with Crippen LogP contribution in [0.15, 0.2) is 43.1 Å². The third-order valence-electron chi connectivity index (χ3n) is 6.51. The van der Waals surface area contributed by atoms with Crippen LogP contribution >= 0.6 is 0 Å². The monoisotopic (exact) mass is 391 g/mol. The zero-order chi connectivity index (χ0) is 19.8. The molecule has 4 heterocycles. The fourth-order valence-corrected chi connectivity index (χ4v) is 5.07. The Morgan fingerprint density at radius 1 is 1.31 bits per heavy atom. The zero-order valence-electron chi connectivity index (χ0n) is 16.2. The number of imidazole rings is 1. The van der Waals surface area contributed by atoms with Crippen LogP contribution in [0.2, 0.25) is 0 Å². The van der Waals surface area contributed by atoms with Crippen LogP contribution in [-0.2, 0) is 5.54 Å². The maximum Gasteiger partial charge on any atom is 0.154 e. The van der Waals surface area contributed by atoms with Gasteiger partial charge in [0, 0.05) is 12.1 Å². The van der Waals surface area contributed by atoms with E-state index in [2.05, 4.69) is 21.8 Å². The lowest BCUT2D eigenvalue weighted by Gasteiger charge is -2.31. The number of hydrogen-bond acceptors (Lipinski definition) is 5. The summed E-state index contributed by atoms with van der Waals surface area (Å²) in [4.78, 5) is 6.79. The summed E-state index contributed by atoms with van der Waals surface area (Å²) in [6, 6.07) is 8.88. The highest BCUT2D eigenvalue weighted by Gasteiger charge is 2.64. The fraction of sp³-hybridized carbons (Fsp3) is 0.364. The predicted molar refractivity (Wildman–Crippen MR) is 108 cm³/mol. The molecule has 2 bridgehead atoms. The second-order valence-electron chi connectivity index (χ2n) is 8.35. The average Bonchev–Trinajstić information content (AvgIpc) is 3.09. The van der Waals surface area contributed by atoms with Crippen molar-refractivity contribution in [3.63, 3.8) is 0 Å². The Bertz CT molecular complexity index is 1160. The number of anilines is 1. The molecule has 2 aromatic heterocycles. The standard InChI is InChI=1S/C22H22FN5O/c1-13-12-29-19-4-3-16(23)9-17(19)22-10-15(22)7-8-27(22)21-6-5-20-24-11-18(14(2)25-13)28(20)26-21/h3-6,9,11,13,15,25H,2,7-8,10,12H2,1H3/t13-,15+,22-/m1/s1. The summed E-state index contributed by atoms with van der Waals surface area (Å²) in [5, 5.41) is 8.29. The fourth-order valence-electron chi connectivity index (χ4n) is 5.07. The summed E-state index contributed by atoms with van der Waals surface area (Å²) in [7, 11) is 0. The molecule has 3 aliphatic rings. The van der Waals surface area contributed by atoms with Crippen molar-refractivity contribution in [2.75, 3.05) is 18.1 Å². The van der Waals surface area contributed by atoms with Crippen molar-refractivity contribution in [2.45, 2.75) is 31.3 Å². The van der Waals surface area contributed by atoms with Crippen LogP contribution in [0.4, 0.5) is 10.2 Å². The van der Waals surface area contributed by atoms with Gasteiger partial charge in [-0.3, -0.25) is 0 Å². The molecule has 1 aliphatic carbocycles. The highest BCUT2D eigenvalue weighted by Crippen LogP contribution is 2.64. The van der Waals surface area contributed by atoms with Crippen LogP contribution in [-0.4, -0.2) is 33.8 Å². The summed E-state index contributed by atoms with van der Waals surface area (Å²) in [5.74, 6) is 1.87. The van der Waals surface area contributed by atoms with Crippen LogP contribution in [0, 0.1) is 11.7 Å². The van der Waals surface area contributed by atoms with Gasteiger partial charge in [0.15, 0.2) is 5.65 Å². The van der Waals surface area contributed by atoms with E-state index >= 15 is 0 Å². The van der Waals surface area contributed by atoms with Gasteiger partial charge in [0.1, 0.15) is 29.7 Å². The van der Waals surface area contributed by atoms with Gasteiger partial charge < -0.3 is 15.0 Å². The van der Waals surface area contributed by atoms with Crippen LogP contribution in [0.3, 0.4) is 0 Å². The maximum absolute atomic E-state index is 14.3. The van der Waals surface area contributed by atoms with Crippen molar-refractivity contribution < 1.29 is 9.13 Å². The molecule has 1 N–H and O–H groups in total. The topological polar surface area (TPSA) is 54.7 Å². The highest BCUT2D eigenvalue weighted by molar-refractivity contribution is 5.64. The molecular weight excluding hydrogens is 369 g/mol. The van der Waals surface area contributed by atoms with E-state index in [-0.39, 0.29) is 17.4 Å². The number of ether oxygens (including phenoxy) is 1. The van der Waals surface area contributed by atoms with Crippen LogP contribution in [0.25, 0.3) is 11.3 Å². The van der Waals surface area contributed by atoms with E-state index in [1.807, 2.05) is 23.6 Å². The molecule has 2 fully saturated rings. The number of benzene rings is 1. The van der Waals surface area contributed by atoms with Crippen LogP contribution in [0.1, 0.15) is 31.0 Å². The summed E-state index contributed by atoms with van der Waals surface area (Å²) in [5.41, 5.74) is 3.03. The normalized spacial score (nSPS) is 27.8. The molecule has 1 spiro atoms. The Kier molecular flexibility index (Phi) is 3.32. The molecule has 0 amide bonds. The average molecular weight is 391 g/mol. The van der Waals surface area contributed by atoms with Crippen molar-refractivity contribution in [3.05, 3.63) is 60.2 Å². The molecule has 3 atom stereocenters. The van der Waals surface area contributed by atoms with E-state index in [1.54, 1.807) is 18.3 Å². The molecule has 1 saturated heterocycles. The lowest BCUT2D eigenvalue weighted by Crippen LogP contribution is -2.34. The number of piperidine rings is 1. The molecule has 1 aromatic carbocycles. The number of nitrogens with zero attached hydrogens (tertiary/aromatic N) is 4. The number of aromatic nitrogens is 3. The third-order valence-corrected chi connectivity index (χ3v) is 6.51. The first kappa shape index (κ1) is 16.8. The van der Waals surface area contributed by atoms with E-state index < -0.39 is 0 Å². The Hall–Kier alpha value is -3.09. The molecule has 148 valence electrons. The molecule has 1 saturated carbocycles. The zero-order valence-corrected chi connectivity index (χ0v) is 16.2. The van der Waals surface area contributed by atoms with E-state index in [4.69, 9.17) is 9.84 Å². The third kappa shape index (κ3) is 2.33. The number of nitrogens with one attached hydrogen (secondary N) is 1. The van der Waals surface area contributed by atoms with Gasteiger partial charge in [-0.1, -0.05) is 6.58 Å². The molecule has 6 nitrogen and oxygen atoms in total. The lowest BCUT2D eigenvalue weighted by molar-refractivity contribution is 0.279. The number of halogens is 1. The van der Waals surface area contributed by atoms with Crippen molar-refractivity contribution in [1.82, 2.24) is 19.9 Å². The van der Waals surface area contributed by atoms with Gasteiger partial charge in [0.05, 0.1) is 23.5 Å². The molecule has 2 aliphatic heterocycles. The molecule has 7 heteroatoms. The Morgan fingerprint density at radius 2 is 2.21 bits per heavy atom. The van der Waals surface area contributed by atoms with Crippen LogP contribution < -0.4 is 15.0 Å².